The third-order valence-electron chi connectivity index (χ3n) is 3.03. The molecule has 3 N–H and O–H groups in total. The van der Waals surface area contributed by atoms with Gasteiger partial charge in [0.15, 0.2) is 5.96 Å². The Balaban J connectivity index is 2.18. The fourth-order valence-electron chi connectivity index (χ4n) is 1.91. The molecule has 0 radical (unpaired) electrons. The molecule has 0 saturated carbocycles. The van der Waals surface area contributed by atoms with Crippen molar-refractivity contribution in [1.29, 1.82) is 5.26 Å². The van der Waals surface area contributed by atoms with Gasteiger partial charge in [0.2, 0.25) is 0 Å². The molecule has 2 aromatic rings. The number of nitrogens with one attached hydrogen (secondary N) is 1. The van der Waals surface area contributed by atoms with Gasteiger partial charge < -0.3 is 11.1 Å². The van der Waals surface area contributed by atoms with Crippen LogP contribution in [0.5, 0.6) is 0 Å². The van der Waals surface area contributed by atoms with E-state index in [1.54, 1.807) is 7.05 Å². The van der Waals surface area contributed by atoms with Crippen molar-refractivity contribution in [2.75, 3.05) is 7.05 Å². The number of hydrogen-bond donors (Lipinski definition) is 2. The van der Waals surface area contributed by atoms with Crippen molar-refractivity contribution < 1.29 is 0 Å². The average Bonchev–Trinajstić information content (AvgIpc) is 2.53. The maximum Gasteiger partial charge on any atom is 0.188 e. The van der Waals surface area contributed by atoms with Crippen LogP contribution in [0.15, 0.2) is 53.5 Å². The third kappa shape index (κ3) is 3.15. The Morgan fingerprint density at radius 1 is 1.20 bits per heavy atom. The van der Waals surface area contributed by atoms with Crippen molar-refractivity contribution >= 4 is 5.96 Å². The summed E-state index contributed by atoms with van der Waals surface area (Å²) in [6.45, 7) is 0.628. The van der Waals surface area contributed by atoms with Gasteiger partial charge in [-0.15, -0.1) is 0 Å². The van der Waals surface area contributed by atoms with Gasteiger partial charge in [-0.25, -0.2) is 0 Å². The van der Waals surface area contributed by atoms with Gasteiger partial charge in [0.1, 0.15) is 0 Å². The number of nitrogens with two attached hydrogens (primary N) is 1. The predicted octanol–water partition coefficient (Wildman–Crippen LogP) is 2.26. The highest BCUT2D eigenvalue weighted by molar-refractivity contribution is 5.77. The third-order valence-corrected chi connectivity index (χ3v) is 3.03. The number of rotatable bonds is 3. The molecule has 2 rings (SSSR count). The Labute approximate surface area is 118 Å². The van der Waals surface area contributed by atoms with E-state index in [0.29, 0.717) is 18.1 Å². The minimum Gasteiger partial charge on any atom is -0.370 e. The quantitative estimate of drug-likeness (QED) is 0.659. The van der Waals surface area contributed by atoms with Crippen molar-refractivity contribution in [2.45, 2.75) is 6.54 Å². The summed E-state index contributed by atoms with van der Waals surface area (Å²) < 4.78 is 0. The lowest BCUT2D eigenvalue weighted by molar-refractivity contribution is 0.901. The van der Waals surface area contributed by atoms with Crippen LogP contribution in [0.2, 0.25) is 0 Å². The Bertz CT molecular complexity index is 651. The second-order valence-corrected chi connectivity index (χ2v) is 4.32. The fourth-order valence-corrected chi connectivity index (χ4v) is 1.91. The second kappa shape index (κ2) is 6.39. The van der Waals surface area contributed by atoms with E-state index < -0.39 is 0 Å². The topological polar surface area (TPSA) is 74.2 Å². The van der Waals surface area contributed by atoms with Gasteiger partial charge in [-0.3, -0.25) is 4.99 Å². The monoisotopic (exact) mass is 264 g/mol. The van der Waals surface area contributed by atoms with Crippen molar-refractivity contribution in [3.8, 4) is 17.2 Å². The van der Waals surface area contributed by atoms with E-state index in [4.69, 9.17) is 11.0 Å². The fraction of sp³-hybridized carbons (Fsp3) is 0.125. The highest BCUT2D eigenvalue weighted by Gasteiger charge is 2.03. The van der Waals surface area contributed by atoms with E-state index in [9.17, 15) is 0 Å². The van der Waals surface area contributed by atoms with Crippen LogP contribution in [0, 0.1) is 11.3 Å². The maximum atomic E-state index is 9.12. The molecule has 0 bridgehead atoms. The molecule has 0 heterocycles. The van der Waals surface area contributed by atoms with E-state index in [-0.39, 0.29) is 0 Å². The van der Waals surface area contributed by atoms with Crippen LogP contribution in [-0.2, 0) is 6.54 Å². The van der Waals surface area contributed by atoms with Gasteiger partial charge in [-0.05, 0) is 22.8 Å². The molecule has 0 amide bonds. The van der Waals surface area contributed by atoms with E-state index in [1.807, 2.05) is 48.5 Å². The Morgan fingerprint density at radius 3 is 2.55 bits per heavy atom. The molecule has 0 spiro atoms. The normalized spacial score (nSPS) is 10.9. The van der Waals surface area contributed by atoms with Crippen molar-refractivity contribution in [1.82, 2.24) is 5.32 Å². The minimum absolute atomic E-state index is 0.420. The zero-order chi connectivity index (χ0) is 14.4. The van der Waals surface area contributed by atoms with Crippen LogP contribution in [0.25, 0.3) is 11.1 Å². The number of guanidine groups is 1. The largest absolute Gasteiger partial charge is 0.370 e. The molecule has 2 aromatic carbocycles. The summed E-state index contributed by atoms with van der Waals surface area (Å²) in [5, 5.41) is 12.1. The summed E-state index contributed by atoms with van der Waals surface area (Å²) in [5.41, 5.74) is 9.35. The van der Waals surface area contributed by atoms with Crippen LogP contribution in [0.3, 0.4) is 0 Å². The first kappa shape index (κ1) is 13.6. The molecule has 0 atom stereocenters. The standard InChI is InChI=1S/C16H16N4/c1-19-16(18)20-11-12-6-8-13(9-7-12)15-5-3-2-4-14(15)10-17/h2-9H,11H2,1H3,(H3,18,19,20). The summed E-state index contributed by atoms with van der Waals surface area (Å²) in [7, 11) is 1.64. The predicted molar refractivity (Wildman–Crippen MR) is 81.0 cm³/mol. The zero-order valence-corrected chi connectivity index (χ0v) is 11.3. The number of nitriles is 1. The molecule has 4 nitrogen and oxygen atoms in total. The SMILES string of the molecule is CN=C(N)NCc1ccc(-c2ccccc2C#N)cc1. The van der Waals surface area contributed by atoms with Gasteiger partial charge in [0.05, 0.1) is 11.6 Å². The van der Waals surface area contributed by atoms with Gasteiger partial charge in [-0.2, -0.15) is 5.26 Å². The lowest BCUT2D eigenvalue weighted by Crippen LogP contribution is -2.30. The molecule has 4 heteroatoms. The van der Waals surface area contributed by atoms with Crippen molar-refractivity contribution in [3.05, 3.63) is 59.7 Å². The first-order valence-corrected chi connectivity index (χ1v) is 6.29. The molecule has 20 heavy (non-hydrogen) atoms. The van der Waals surface area contributed by atoms with Crippen LogP contribution in [0.4, 0.5) is 0 Å². The first-order chi connectivity index (χ1) is 9.74. The Hall–Kier alpha value is -2.80. The maximum absolute atomic E-state index is 9.12. The molecule has 0 aliphatic carbocycles. The molecule has 0 aromatic heterocycles. The molecule has 0 unspecified atom stereocenters. The van der Waals surface area contributed by atoms with Gasteiger partial charge in [0, 0.05) is 13.6 Å². The Morgan fingerprint density at radius 2 is 1.90 bits per heavy atom. The summed E-state index contributed by atoms with van der Waals surface area (Å²) in [6, 6.07) is 17.8. The number of aliphatic imine (C=N–C) groups is 1. The van der Waals surface area contributed by atoms with E-state index in [2.05, 4.69) is 16.4 Å². The Kier molecular flexibility index (Phi) is 4.35. The number of benzene rings is 2. The van der Waals surface area contributed by atoms with Crippen molar-refractivity contribution in [2.24, 2.45) is 10.7 Å². The van der Waals surface area contributed by atoms with Gasteiger partial charge >= 0.3 is 0 Å². The van der Waals surface area contributed by atoms with Crippen molar-refractivity contribution in [3.63, 3.8) is 0 Å². The van der Waals surface area contributed by atoms with Crippen LogP contribution in [-0.4, -0.2) is 13.0 Å². The molecular weight excluding hydrogens is 248 g/mol. The highest BCUT2D eigenvalue weighted by Crippen LogP contribution is 2.23. The molecule has 0 aliphatic heterocycles. The molecule has 0 aliphatic rings. The average molecular weight is 264 g/mol. The van der Waals surface area contributed by atoms with Gasteiger partial charge in [0.25, 0.3) is 0 Å². The highest BCUT2D eigenvalue weighted by atomic mass is 15.1. The van der Waals surface area contributed by atoms with E-state index >= 15 is 0 Å². The van der Waals surface area contributed by atoms with E-state index in [1.165, 1.54) is 0 Å². The molecule has 100 valence electrons. The summed E-state index contributed by atoms with van der Waals surface area (Å²) >= 11 is 0. The van der Waals surface area contributed by atoms with Crippen LogP contribution in [0.1, 0.15) is 11.1 Å². The number of nitrogens with zero attached hydrogens (tertiary/aromatic N) is 2. The number of hydrogen-bond acceptors (Lipinski definition) is 2. The summed E-state index contributed by atoms with van der Waals surface area (Å²) in [5.74, 6) is 0.420. The molecular formula is C16H16N4. The zero-order valence-electron chi connectivity index (χ0n) is 11.3. The van der Waals surface area contributed by atoms with Gasteiger partial charge in [-0.1, -0.05) is 42.5 Å². The van der Waals surface area contributed by atoms with Crippen LogP contribution < -0.4 is 11.1 Å². The van der Waals surface area contributed by atoms with E-state index in [0.717, 1.165) is 16.7 Å². The minimum atomic E-state index is 0.420. The second-order valence-electron chi connectivity index (χ2n) is 4.32. The lowest BCUT2D eigenvalue weighted by Gasteiger charge is -2.07. The van der Waals surface area contributed by atoms with Crippen LogP contribution >= 0.6 is 0 Å². The summed E-state index contributed by atoms with van der Waals surface area (Å²) in [6.07, 6.45) is 0. The molecule has 0 saturated heterocycles. The summed E-state index contributed by atoms with van der Waals surface area (Å²) in [4.78, 5) is 3.84. The lowest BCUT2D eigenvalue weighted by atomic mass is 9.99. The first-order valence-electron chi connectivity index (χ1n) is 6.29. The molecule has 0 fully saturated rings. The smallest absolute Gasteiger partial charge is 0.188 e.